The van der Waals surface area contributed by atoms with E-state index in [1.54, 1.807) is 12.4 Å². The zero-order valence-electron chi connectivity index (χ0n) is 11.4. The van der Waals surface area contributed by atoms with Crippen molar-refractivity contribution < 1.29 is 4.79 Å². The number of hydrogen-bond donors (Lipinski definition) is 1. The highest BCUT2D eigenvalue weighted by molar-refractivity contribution is 5.89. The average Bonchev–Trinajstić information content (AvgIpc) is 2.40. The zero-order valence-corrected chi connectivity index (χ0v) is 11.4. The molecule has 1 rings (SSSR count). The molecule has 100 valence electrons. The molecular formula is C14H23N3O. The van der Waals surface area contributed by atoms with Gasteiger partial charge in [0.15, 0.2) is 0 Å². The third-order valence-corrected chi connectivity index (χ3v) is 2.76. The number of urea groups is 1. The molecule has 0 aromatic carbocycles. The predicted octanol–water partition coefficient (Wildman–Crippen LogP) is 3.52. The maximum absolute atomic E-state index is 12.1. The molecule has 4 heteroatoms. The van der Waals surface area contributed by atoms with Crippen molar-refractivity contribution in [3.8, 4) is 0 Å². The van der Waals surface area contributed by atoms with Crippen molar-refractivity contribution in [1.29, 1.82) is 0 Å². The lowest BCUT2D eigenvalue weighted by Gasteiger charge is -2.22. The normalized spacial score (nSPS) is 10.1. The Labute approximate surface area is 109 Å². The number of rotatable bonds is 7. The van der Waals surface area contributed by atoms with Gasteiger partial charge in [0.05, 0.1) is 11.9 Å². The van der Waals surface area contributed by atoms with Crippen LogP contribution in [0.2, 0.25) is 0 Å². The summed E-state index contributed by atoms with van der Waals surface area (Å²) in [5, 5.41) is 2.88. The molecule has 1 N–H and O–H groups in total. The highest BCUT2D eigenvalue weighted by Gasteiger charge is 2.12. The predicted molar refractivity (Wildman–Crippen MR) is 74.6 cm³/mol. The number of nitrogens with one attached hydrogen (secondary N) is 1. The van der Waals surface area contributed by atoms with Gasteiger partial charge in [-0.15, -0.1) is 0 Å². The summed E-state index contributed by atoms with van der Waals surface area (Å²) < 4.78 is 0. The van der Waals surface area contributed by atoms with Gasteiger partial charge in [-0.25, -0.2) is 4.79 Å². The fraction of sp³-hybridized carbons (Fsp3) is 0.571. The smallest absolute Gasteiger partial charge is 0.321 e. The number of aromatic nitrogens is 1. The highest BCUT2D eigenvalue weighted by Crippen LogP contribution is 2.06. The number of pyridine rings is 1. The Morgan fingerprint density at radius 1 is 1.28 bits per heavy atom. The van der Waals surface area contributed by atoms with Crippen LogP contribution in [0.4, 0.5) is 10.5 Å². The third-order valence-electron chi connectivity index (χ3n) is 2.76. The number of hydrogen-bond acceptors (Lipinski definition) is 2. The topological polar surface area (TPSA) is 45.2 Å². The summed E-state index contributed by atoms with van der Waals surface area (Å²) in [6.45, 7) is 5.92. The minimum absolute atomic E-state index is 0.0232. The molecular weight excluding hydrogens is 226 g/mol. The third kappa shape index (κ3) is 5.17. The van der Waals surface area contributed by atoms with E-state index in [0.29, 0.717) is 0 Å². The van der Waals surface area contributed by atoms with Crippen LogP contribution >= 0.6 is 0 Å². The molecule has 0 bridgehead atoms. The number of carbonyl (C=O) groups excluding carboxylic acids is 1. The average molecular weight is 249 g/mol. The van der Waals surface area contributed by atoms with Crippen molar-refractivity contribution in [3.05, 3.63) is 24.5 Å². The lowest BCUT2D eigenvalue weighted by Crippen LogP contribution is -2.36. The van der Waals surface area contributed by atoms with Gasteiger partial charge in [-0.05, 0) is 25.0 Å². The van der Waals surface area contributed by atoms with Gasteiger partial charge in [-0.3, -0.25) is 4.98 Å². The maximum Gasteiger partial charge on any atom is 0.321 e. The second-order valence-corrected chi connectivity index (χ2v) is 4.37. The van der Waals surface area contributed by atoms with Crippen LogP contribution in [0.15, 0.2) is 24.5 Å². The van der Waals surface area contributed by atoms with Gasteiger partial charge in [-0.2, -0.15) is 0 Å². The first-order valence-corrected chi connectivity index (χ1v) is 6.73. The van der Waals surface area contributed by atoms with Gasteiger partial charge in [0.1, 0.15) is 0 Å². The largest absolute Gasteiger partial charge is 0.325 e. The molecule has 18 heavy (non-hydrogen) atoms. The van der Waals surface area contributed by atoms with E-state index in [2.05, 4.69) is 24.1 Å². The van der Waals surface area contributed by atoms with Crippen molar-refractivity contribution in [2.24, 2.45) is 0 Å². The molecule has 1 heterocycles. The number of amides is 2. The summed E-state index contributed by atoms with van der Waals surface area (Å²) >= 11 is 0. The standard InChI is InChI=1S/C14H23N3O/c1-3-5-10-17(11-6-4-2)14(18)16-13-8-7-9-15-12-13/h7-9,12H,3-6,10-11H2,1-2H3,(H,16,18). The van der Waals surface area contributed by atoms with E-state index in [9.17, 15) is 4.79 Å². The molecule has 0 spiro atoms. The van der Waals surface area contributed by atoms with E-state index < -0.39 is 0 Å². The first-order valence-electron chi connectivity index (χ1n) is 6.73. The van der Waals surface area contributed by atoms with E-state index in [-0.39, 0.29) is 6.03 Å². The fourth-order valence-electron chi connectivity index (χ4n) is 1.65. The summed E-state index contributed by atoms with van der Waals surface area (Å²) in [6.07, 6.45) is 7.65. The monoisotopic (exact) mass is 249 g/mol. The van der Waals surface area contributed by atoms with Gasteiger partial charge in [-0.1, -0.05) is 26.7 Å². The van der Waals surface area contributed by atoms with Gasteiger partial charge in [0.25, 0.3) is 0 Å². The Kier molecular flexibility index (Phi) is 6.84. The van der Waals surface area contributed by atoms with Crippen molar-refractivity contribution >= 4 is 11.7 Å². The second-order valence-electron chi connectivity index (χ2n) is 4.37. The van der Waals surface area contributed by atoms with Gasteiger partial charge in [0.2, 0.25) is 0 Å². The Hall–Kier alpha value is -1.58. The second kappa shape index (κ2) is 8.50. The Bertz CT molecular complexity index is 332. The highest BCUT2D eigenvalue weighted by atomic mass is 16.2. The van der Waals surface area contributed by atoms with Gasteiger partial charge >= 0.3 is 6.03 Å². The summed E-state index contributed by atoms with van der Waals surface area (Å²) in [5.41, 5.74) is 0.750. The minimum atomic E-state index is -0.0232. The first kappa shape index (κ1) is 14.5. The van der Waals surface area contributed by atoms with E-state index in [0.717, 1.165) is 44.5 Å². The van der Waals surface area contributed by atoms with E-state index >= 15 is 0 Å². The molecule has 0 saturated heterocycles. The molecule has 0 saturated carbocycles. The van der Waals surface area contributed by atoms with Crippen molar-refractivity contribution in [2.75, 3.05) is 18.4 Å². The quantitative estimate of drug-likeness (QED) is 0.803. The minimum Gasteiger partial charge on any atom is -0.325 e. The molecule has 0 unspecified atom stereocenters. The summed E-state index contributed by atoms with van der Waals surface area (Å²) in [4.78, 5) is 18.0. The lowest BCUT2D eigenvalue weighted by molar-refractivity contribution is 0.210. The SMILES string of the molecule is CCCCN(CCCC)C(=O)Nc1cccnc1. The van der Waals surface area contributed by atoms with Crippen LogP contribution in [0.25, 0.3) is 0 Å². The molecule has 0 aliphatic heterocycles. The molecule has 4 nitrogen and oxygen atoms in total. The van der Waals surface area contributed by atoms with Crippen LogP contribution in [0.3, 0.4) is 0 Å². The van der Waals surface area contributed by atoms with Crippen molar-refractivity contribution in [1.82, 2.24) is 9.88 Å². The van der Waals surface area contributed by atoms with Crippen molar-refractivity contribution in [3.63, 3.8) is 0 Å². The molecule has 0 aliphatic carbocycles. The van der Waals surface area contributed by atoms with Crippen molar-refractivity contribution in [2.45, 2.75) is 39.5 Å². The van der Waals surface area contributed by atoms with Crippen LogP contribution in [0.5, 0.6) is 0 Å². The van der Waals surface area contributed by atoms with Crippen LogP contribution < -0.4 is 5.32 Å². The lowest BCUT2D eigenvalue weighted by atomic mass is 10.3. The molecule has 0 fully saturated rings. The van der Waals surface area contributed by atoms with Gasteiger partial charge in [0, 0.05) is 19.3 Å². The fourth-order valence-corrected chi connectivity index (χ4v) is 1.65. The van der Waals surface area contributed by atoms with E-state index in [1.165, 1.54) is 0 Å². The summed E-state index contributed by atoms with van der Waals surface area (Å²) in [6, 6.07) is 3.64. The molecule has 1 aromatic rings. The Morgan fingerprint density at radius 3 is 2.44 bits per heavy atom. The van der Waals surface area contributed by atoms with E-state index in [4.69, 9.17) is 0 Å². The molecule has 2 amide bonds. The molecule has 0 atom stereocenters. The summed E-state index contributed by atoms with van der Waals surface area (Å²) in [5.74, 6) is 0. The maximum atomic E-state index is 12.1. The van der Waals surface area contributed by atoms with Crippen LogP contribution in [0, 0.1) is 0 Å². The Balaban J connectivity index is 2.52. The molecule has 1 aromatic heterocycles. The molecule has 0 aliphatic rings. The van der Waals surface area contributed by atoms with E-state index in [1.807, 2.05) is 17.0 Å². The van der Waals surface area contributed by atoms with Crippen LogP contribution in [0.1, 0.15) is 39.5 Å². The zero-order chi connectivity index (χ0) is 13.2. The number of nitrogens with zero attached hydrogens (tertiary/aromatic N) is 2. The first-order chi connectivity index (χ1) is 8.77. The number of unbranched alkanes of at least 4 members (excludes halogenated alkanes) is 2. The van der Waals surface area contributed by atoms with Crippen LogP contribution in [-0.2, 0) is 0 Å². The molecule has 0 radical (unpaired) electrons. The summed E-state index contributed by atoms with van der Waals surface area (Å²) in [7, 11) is 0. The Morgan fingerprint density at radius 2 is 1.94 bits per heavy atom. The number of anilines is 1. The number of carbonyl (C=O) groups is 1. The van der Waals surface area contributed by atoms with Crippen LogP contribution in [-0.4, -0.2) is 29.0 Å². The van der Waals surface area contributed by atoms with Gasteiger partial charge < -0.3 is 10.2 Å².